The Morgan fingerprint density at radius 1 is 1.38 bits per heavy atom. The van der Waals surface area contributed by atoms with Gasteiger partial charge in [0.1, 0.15) is 0 Å². The second kappa shape index (κ2) is 7.79. The number of hydrogen-bond acceptors (Lipinski definition) is 3. The number of carbonyl (C=O) groups excluding carboxylic acids is 2. The summed E-state index contributed by atoms with van der Waals surface area (Å²) in [6, 6.07) is 5.64. The van der Waals surface area contributed by atoms with Crippen LogP contribution < -0.4 is 10.2 Å². The Labute approximate surface area is 144 Å². The summed E-state index contributed by atoms with van der Waals surface area (Å²) in [5.41, 5.74) is 2.14. The summed E-state index contributed by atoms with van der Waals surface area (Å²) < 4.78 is 0. The van der Waals surface area contributed by atoms with Gasteiger partial charge in [0.2, 0.25) is 5.91 Å². The van der Waals surface area contributed by atoms with Crippen LogP contribution in [0.25, 0.3) is 0 Å². The van der Waals surface area contributed by atoms with E-state index in [1.807, 2.05) is 39.0 Å². The molecule has 2 amide bonds. The topological polar surface area (TPSA) is 69.6 Å². The molecule has 1 heterocycles. The van der Waals surface area contributed by atoms with Crippen molar-refractivity contribution < 1.29 is 14.7 Å². The zero-order valence-corrected chi connectivity index (χ0v) is 14.9. The zero-order chi connectivity index (χ0) is 17.7. The van der Waals surface area contributed by atoms with Crippen LogP contribution in [-0.2, 0) is 4.79 Å². The first-order valence-electron chi connectivity index (χ1n) is 8.64. The highest BCUT2D eigenvalue weighted by atomic mass is 16.3. The molecule has 1 fully saturated rings. The molecule has 2 rings (SSSR count). The van der Waals surface area contributed by atoms with Gasteiger partial charge in [-0.2, -0.15) is 0 Å². The molecule has 0 radical (unpaired) electrons. The molecule has 2 N–H and O–H groups in total. The summed E-state index contributed by atoms with van der Waals surface area (Å²) in [7, 11) is 0. The Morgan fingerprint density at radius 2 is 2.12 bits per heavy atom. The molecule has 1 aromatic rings. The fraction of sp³-hybridized carbons (Fsp3) is 0.579. The molecule has 0 saturated carbocycles. The van der Waals surface area contributed by atoms with Crippen LogP contribution >= 0.6 is 0 Å². The Morgan fingerprint density at radius 3 is 2.75 bits per heavy atom. The highest BCUT2D eigenvalue weighted by Gasteiger charge is 2.26. The van der Waals surface area contributed by atoms with E-state index in [1.54, 1.807) is 4.90 Å². The monoisotopic (exact) mass is 332 g/mol. The third-order valence-corrected chi connectivity index (χ3v) is 4.50. The molecule has 0 aromatic heterocycles. The summed E-state index contributed by atoms with van der Waals surface area (Å²) in [4.78, 5) is 26.3. The van der Waals surface area contributed by atoms with Crippen LogP contribution in [0.5, 0.6) is 0 Å². The Bertz CT molecular complexity index is 611. The van der Waals surface area contributed by atoms with Gasteiger partial charge in [-0.15, -0.1) is 0 Å². The summed E-state index contributed by atoms with van der Waals surface area (Å²) in [5.74, 6) is -0.0622. The number of hydrogen-bond donors (Lipinski definition) is 2. The largest absolute Gasteiger partial charge is 0.396 e. The highest BCUT2D eigenvalue weighted by molar-refractivity contribution is 6.05. The molecular formula is C19H28N2O3. The van der Waals surface area contributed by atoms with Gasteiger partial charge in [-0.3, -0.25) is 9.59 Å². The number of nitrogens with one attached hydrogen (secondary N) is 1. The van der Waals surface area contributed by atoms with Crippen molar-refractivity contribution >= 4 is 17.5 Å². The van der Waals surface area contributed by atoms with Gasteiger partial charge in [0.15, 0.2) is 0 Å². The van der Waals surface area contributed by atoms with Gasteiger partial charge in [0, 0.05) is 26.1 Å². The molecule has 24 heavy (non-hydrogen) atoms. The molecule has 1 aromatic carbocycles. The Kier molecular flexibility index (Phi) is 5.99. The van der Waals surface area contributed by atoms with Gasteiger partial charge in [0.05, 0.1) is 11.3 Å². The van der Waals surface area contributed by atoms with E-state index >= 15 is 0 Å². The average molecular weight is 332 g/mol. The van der Waals surface area contributed by atoms with Crippen molar-refractivity contribution in [3.8, 4) is 0 Å². The van der Waals surface area contributed by atoms with Gasteiger partial charge in [-0.05, 0) is 43.7 Å². The Balaban J connectivity index is 2.03. The summed E-state index contributed by atoms with van der Waals surface area (Å²) >= 11 is 0. The van der Waals surface area contributed by atoms with E-state index in [9.17, 15) is 14.7 Å². The van der Waals surface area contributed by atoms with Crippen LogP contribution in [0.3, 0.4) is 0 Å². The standard InChI is InChI=1S/C19H28N2O3/c1-14-7-8-16(21-11-4-6-17(21)23)15(12-14)18(24)20-10-5-9-19(2,3)13-22/h7-8,12,22H,4-6,9-11,13H2,1-3H3,(H,20,24). The maximum atomic E-state index is 12.6. The Hall–Kier alpha value is -1.88. The number of anilines is 1. The first-order valence-corrected chi connectivity index (χ1v) is 8.64. The molecule has 5 nitrogen and oxygen atoms in total. The summed E-state index contributed by atoms with van der Waals surface area (Å²) in [6.45, 7) is 7.32. The number of aliphatic hydroxyl groups is 1. The maximum absolute atomic E-state index is 12.6. The second-order valence-corrected chi connectivity index (χ2v) is 7.35. The highest BCUT2D eigenvalue weighted by Crippen LogP contribution is 2.26. The van der Waals surface area contributed by atoms with Gasteiger partial charge in [-0.25, -0.2) is 0 Å². The molecule has 0 spiro atoms. The average Bonchev–Trinajstić information content (AvgIpc) is 2.97. The lowest BCUT2D eigenvalue weighted by Crippen LogP contribution is -2.30. The van der Waals surface area contributed by atoms with Crippen molar-refractivity contribution in [3.05, 3.63) is 29.3 Å². The van der Waals surface area contributed by atoms with Crippen molar-refractivity contribution in [2.45, 2.75) is 46.5 Å². The lowest BCUT2D eigenvalue weighted by molar-refractivity contribution is -0.117. The molecule has 1 saturated heterocycles. The molecule has 1 aliphatic rings. The smallest absolute Gasteiger partial charge is 0.253 e. The minimum absolute atomic E-state index is 0.0811. The first kappa shape index (κ1) is 18.5. The molecule has 0 unspecified atom stereocenters. The van der Waals surface area contributed by atoms with Crippen molar-refractivity contribution in [1.82, 2.24) is 5.32 Å². The molecular weight excluding hydrogens is 304 g/mol. The van der Waals surface area contributed by atoms with Crippen LogP contribution in [0.1, 0.15) is 55.5 Å². The van der Waals surface area contributed by atoms with E-state index in [1.165, 1.54) is 0 Å². The van der Waals surface area contributed by atoms with E-state index in [0.29, 0.717) is 30.8 Å². The summed E-state index contributed by atoms with van der Waals surface area (Å²) in [6.07, 6.45) is 3.04. The summed E-state index contributed by atoms with van der Waals surface area (Å²) in [5, 5.41) is 12.2. The van der Waals surface area contributed by atoms with Gasteiger partial charge in [-0.1, -0.05) is 25.5 Å². The number of nitrogens with zero attached hydrogens (tertiary/aromatic N) is 1. The van der Waals surface area contributed by atoms with Crippen LogP contribution in [0.4, 0.5) is 5.69 Å². The third kappa shape index (κ3) is 4.57. The van der Waals surface area contributed by atoms with E-state index < -0.39 is 0 Å². The van der Waals surface area contributed by atoms with Crippen LogP contribution in [-0.4, -0.2) is 36.6 Å². The van der Waals surface area contributed by atoms with Gasteiger partial charge in [0.25, 0.3) is 5.91 Å². The number of rotatable bonds is 7. The number of carbonyl (C=O) groups is 2. The number of aryl methyl sites for hydroxylation is 1. The molecule has 0 bridgehead atoms. The molecule has 0 atom stereocenters. The number of amides is 2. The van der Waals surface area contributed by atoms with Crippen LogP contribution in [0, 0.1) is 12.3 Å². The quantitative estimate of drug-likeness (QED) is 0.754. The van der Waals surface area contributed by atoms with Gasteiger partial charge < -0.3 is 15.3 Å². The second-order valence-electron chi connectivity index (χ2n) is 7.35. The van der Waals surface area contributed by atoms with Crippen LogP contribution in [0.15, 0.2) is 18.2 Å². The minimum atomic E-state index is -0.143. The van der Waals surface area contributed by atoms with Crippen molar-refractivity contribution in [2.75, 3.05) is 24.6 Å². The van der Waals surface area contributed by atoms with Crippen molar-refractivity contribution in [1.29, 1.82) is 0 Å². The predicted octanol–water partition coefficient (Wildman–Crippen LogP) is 2.65. The molecule has 5 heteroatoms. The molecule has 1 aliphatic heterocycles. The van der Waals surface area contributed by atoms with E-state index in [4.69, 9.17) is 0 Å². The van der Waals surface area contributed by atoms with Crippen LogP contribution in [0.2, 0.25) is 0 Å². The van der Waals surface area contributed by atoms with Crippen molar-refractivity contribution in [2.24, 2.45) is 5.41 Å². The maximum Gasteiger partial charge on any atom is 0.253 e. The normalized spacial score (nSPS) is 15.0. The lowest BCUT2D eigenvalue weighted by Gasteiger charge is -2.22. The fourth-order valence-corrected chi connectivity index (χ4v) is 2.91. The lowest BCUT2D eigenvalue weighted by atomic mass is 9.89. The fourth-order valence-electron chi connectivity index (χ4n) is 2.91. The van der Waals surface area contributed by atoms with E-state index in [-0.39, 0.29) is 23.8 Å². The number of aliphatic hydroxyl groups excluding tert-OH is 1. The molecule has 132 valence electrons. The number of benzene rings is 1. The van der Waals surface area contributed by atoms with Crippen molar-refractivity contribution in [3.63, 3.8) is 0 Å². The first-order chi connectivity index (χ1) is 11.3. The van der Waals surface area contributed by atoms with Gasteiger partial charge >= 0.3 is 0 Å². The SMILES string of the molecule is Cc1ccc(N2CCCC2=O)c(C(=O)NCCCC(C)(C)CO)c1. The zero-order valence-electron chi connectivity index (χ0n) is 14.9. The third-order valence-electron chi connectivity index (χ3n) is 4.50. The van der Waals surface area contributed by atoms with E-state index in [0.717, 1.165) is 24.8 Å². The molecule has 0 aliphatic carbocycles. The minimum Gasteiger partial charge on any atom is -0.396 e. The predicted molar refractivity (Wildman–Crippen MR) is 95.2 cm³/mol. The van der Waals surface area contributed by atoms with E-state index in [2.05, 4.69) is 5.32 Å².